The maximum Gasteiger partial charge on any atom is 0.273 e. The molecule has 19 heavy (non-hydrogen) atoms. The van der Waals surface area contributed by atoms with Crippen molar-refractivity contribution in [1.29, 1.82) is 0 Å². The molecule has 0 saturated heterocycles. The number of nitro groups is 1. The quantitative estimate of drug-likeness (QED) is 0.673. The van der Waals surface area contributed by atoms with E-state index in [1.165, 1.54) is 12.1 Å². The van der Waals surface area contributed by atoms with Crippen molar-refractivity contribution in [3.05, 3.63) is 58.3 Å². The zero-order valence-corrected chi connectivity index (χ0v) is 10.3. The van der Waals surface area contributed by atoms with Gasteiger partial charge in [-0.25, -0.2) is 4.98 Å². The summed E-state index contributed by atoms with van der Waals surface area (Å²) in [5.41, 5.74) is 6.59. The number of rotatable bonds is 4. The highest BCUT2D eigenvalue weighted by Crippen LogP contribution is 2.24. The minimum Gasteiger partial charge on any atom is -0.439 e. The van der Waals surface area contributed by atoms with Crippen LogP contribution in [0.15, 0.2) is 42.6 Å². The minimum absolute atomic E-state index is 0.0234. The van der Waals surface area contributed by atoms with Crippen LogP contribution in [0.25, 0.3) is 0 Å². The summed E-state index contributed by atoms with van der Waals surface area (Å²) in [4.78, 5) is 14.3. The van der Waals surface area contributed by atoms with Gasteiger partial charge in [0.25, 0.3) is 5.69 Å². The molecule has 6 nitrogen and oxygen atoms in total. The fourth-order valence-electron chi connectivity index (χ4n) is 1.50. The molecular formula is C13H13N3O3. The van der Waals surface area contributed by atoms with Crippen LogP contribution in [0.2, 0.25) is 0 Å². The van der Waals surface area contributed by atoms with Gasteiger partial charge >= 0.3 is 0 Å². The van der Waals surface area contributed by atoms with Crippen LogP contribution in [0, 0.1) is 10.1 Å². The lowest BCUT2D eigenvalue weighted by Crippen LogP contribution is -2.05. The third-order valence-corrected chi connectivity index (χ3v) is 2.54. The van der Waals surface area contributed by atoms with E-state index in [0.29, 0.717) is 11.6 Å². The third-order valence-electron chi connectivity index (χ3n) is 2.54. The summed E-state index contributed by atoms with van der Waals surface area (Å²) in [5.74, 6) is 0.736. The van der Waals surface area contributed by atoms with E-state index in [1.807, 2.05) is 13.0 Å². The van der Waals surface area contributed by atoms with Crippen LogP contribution in [-0.2, 0) is 0 Å². The van der Waals surface area contributed by atoms with E-state index in [0.717, 1.165) is 5.56 Å². The molecule has 1 aromatic heterocycles. The van der Waals surface area contributed by atoms with Crippen molar-refractivity contribution in [3.8, 4) is 11.6 Å². The second kappa shape index (κ2) is 5.45. The number of nitrogens with zero attached hydrogens (tertiary/aromatic N) is 2. The molecule has 1 heterocycles. The first-order valence-electron chi connectivity index (χ1n) is 5.70. The summed E-state index contributed by atoms with van der Waals surface area (Å²) in [7, 11) is 0. The van der Waals surface area contributed by atoms with Gasteiger partial charge in [0.2, 0.25) is 5.88 Å². The molecule has 98 valence electrons. The number of non-ortho nitro benzene ring substituents is 1. The maximum atomic E-state index is 10.6. The van der Waals surface area contributed by atoms with Gasteiger partial charge in [-0.3, -0.25) is 10.1 Å². The Hall–Kier alpha value is -2.47. The van der Waals surface area contributed by atoms with Gasteiger partial charge in [0.15, 0.2) is 0 Å². The van der Waals surface area contributed by atoms with Crippen molar-refractivity contribution in [2.75, 3.05) is 0 Å². The average molecular weight is 259 g/mol. The number of benzene rings is 1. The summed E-state index contributed by atoms with van der Waals surface area (Å²) < 4.78 is 5.45. The topological polar surface area (TPSA) is 91.3 Å². The second-order valence-electron chi connectivity index (χ2n) is 4.07. The van der Waals surface area contributed by atoms with Crippen LogP contribution >= 0.6 is 0 Å². The maximum absolute atomic E-state index is 10.6. The Balaban J connectivity index is 2.16. The van der Waals surface area contributed by atoms with Crippen LogP contribution in [0.5, 0.6) is 11.6 Å². The lowest BCUT2D eigenvalue weighted by atomic mass is 10.2. The minimum atomic E-state index is -0.473. The molecule has 0 amide bonds. The SMILES string of the molecule is CC(N)c1ccc(Oc2cccc([N+](=O)[O-])c2)nc1. The second-order valence-corrected chi connectivity index (χ2v) is 4.07. The smallest absolute Gasteiger partial charge is 0.273 e. The predicted octanol–water partition coefficient (Wildman–Crippen LogP) is 2.80. The average Bonchev–Trinajstić information content (AvgIpc) is 2.39. The molecule has 0 radical (unpaired) electrons. The van der Waals surface area contributed by atoms with Gasteiger partial charge in [0, 0.05) is 24.4 Å². The Morgan fingerprint density at radius 1 is 1.37 bits per heavy atom. The number of hydrogen-bond acceptors (Lipinski definition) is 5. The van der Waals surface area contributed by atoms with Gasteiger partial charge in [-0.2, -0.15) is 0 Å². The van der Waals surface area contributed by atoms with E-state index in [4.69, 9.17) is 10.5 Å². The number of hydrogen-bond donors (Lipinski definition) is 1. The zero-order valence-electron chi connectivity index (χ0n) is 10.3. The van der Waals surface area contributed by atoms with Gasteiger partial charge in [-0.1, -0.05) is 12.1 Å². The van der Waals surface area contributed by atoms with Crippen molar-refractivity contribution in [1.82, 2.24) is 4.98 Å². The summed E-state index contributed by atoms with van der Waals surface area (Å²) in [6.07, 6.45) is 1.62. The van der Waals surface area contributed by atoms with E-state index in [2.05, 4.69) is 4.98 Å². The highest BCUT2D eigenvalue weighted by Gasteiger charge is 2.07. The van der Waals surface area contributed by atoms with Crippen molar-refractivity contribution >= 4 is 5.69 Å². The van der Waals surface area contributed by atoms with Gasteiger partial charge in [-0.05, 0) is 18.6 Å². The predicted molar refractivity (Wildman–Crippen MR) is 70.0 cm³/mol. The lowest BCUT2D eigenvalue weighted by Gasteiger charge is -2.07. The Kier molecular flexibility index (Phi) is 3.72. The summed E-state index contributed by atoms with van der Waals surface area (Å²) in [5, 5.41) is 10.6. The zero-order chi connectivity index (χ0) is 13.8. The Morgan fingerprint density at radius 3 is 2.74 bits per heavy atom. The largest absolute Gasteiger partial charge is 0.439 e. The molecule has 0 aliphatic rings. The third kappa shape index (κ3) is 3.26. The Labute approximate surface area is 110 Å². The molecule has 0 aliphatic carbocycles. The van der Waals surface area contributed by atoms with Crippen molar-refractivity contribution in [3.63, 3.8) is 0 Å². The molecule has 2 rings (SSSR count). The van der Waals surface area contributed by atoms with E-state index in [-0.39, 0.29) is 11.7 Å². The molecule has 0 spiro atoms. The number of aromatic nitrogens is 1. The molecule has 6 heteroatoms. The monoisotopic (exact) mass is 259 g/mol. The number of nitro benzene ring substituents is 1. The van der Waals surface area contributed by atoms with Crippen LogP contribution in [-0.4, -0.2) is 9.91 Å². The fourth-order valence-corrected chi connectivity index (χ4v) is 1.50. The molecule has 2 N–H and O–H groups in total. The van der Waals surface area contributed by atoms with Crippen molar-refractivity contribution < 1.29 is 9.66 Å². The molecule has 1 unspecified atom stereocenters. The molecule has 1 aromatic carbocycles. The normalized spacial score (nSPS) is 11.9. The molecule has 0 aliphatic heterocycles. The van der Waals surface area contributed by atoms with Crippen molar-refractivity contribution in [2.24, 2.45) is 5.73 Å². The van der Waals surface area contributed by atoms with E-state index in [9.17, 15) is 10.1 Å². The van der Waals surface area contributed by atoms with Crippen molar-refractivity contribution in [2.45, 2.75) is 13.0 Å². The number of nitrogens with two attached hydrogens (primary N) is 1. The van der Waals surface area contributed by atoms with Crippen LogP contribution in [0.1, 0.15) is 18.5 Å². The number of pyridine rings is 1. The first-order chi connectivity index (χ1) is 9.06. The van der Waals surface area contributed by atoms with E-state index < -0.39 is 4.92 Å². The fraction of sp³-hybridized carbons (Fsp3) is 0.154. The van der Waals surface area contributed by atoms with Gasteiger partial charge in [0.05, 0.1) is 11.0 Å². The van der Waals surface area contributed by atoms with Crippen LogP contribution in [0.3, 0.4) is 0 Å². The molecule has 0 bridgehead atoms. The first-order valence-corrected chi connectivity index (χ1v) is 5.70. The van der Waals surface area contributed by atoms with Gasteiger partial charge < -0.3 is 10.5 Å². The molecule has 0 fully saturated rings. The lowest BCUT2D eigenvalue weighted by molar-refractivity contribution is -0.384. The highest BCUT2D eigenvalue weighted by atomic mass is 16.6. The van der Waals surface area contributed by atoms with E-state index >= 15 is 0 Å². The molecular weight excluding hydrogens is 246 g/mol. The van der Waals surface area contributed by atoms with Gasteiger partial charge in [-0.15, -0.1) is 0 Å². The van der Waals surface area contributed by atoms with Crippen LogP contribution < -0.4 is 10.5 Å². The number of ether oxygens (including phenoxy) is 1. The Morgan fingerprint density at radius 2 is 2.16 bits per heavy atom. The molecule has 0 saturated carbocycles. The first kappa shape index (κ1) is 13.0. The summed E-state index contributed by atoms with van der Waals surface area (Å²) >= 11 is 0. The van der Waals surface area contributed by atoms with Crippen LogP contribution in [0.4, 0.5) is 5.69 Å². The molecule has 2 aromatic rings. The van der Waals surface area contributed by atoms with Gasteiger partial charge in [0.1, 0.15) is 5.75 Å². The molecule has 1 atom stereocenters. The Bertz CT molecular complexity index is 582. The van der Waals surface area contributed by atoms with E-state index in [1.54, 1.807) is 24.4 Å². The summed E-state index contributed by atoms with van der Waals surface area (Å²) in [6, 6.07) is 9.33. The summed E-state index contributed by atoms with van der Waals surface area (Å²) in [6.45, 7) is 1.86. The standard InChI is InChI=1S/C13H13N3O3/c1-9(14)10-5-6-13(15-8-10)19-12-4-2-3-11(7-12)16(17)18/h2-9H,14H2,1H3. The highest BCUT2D eigenvalue weighted by molar-refractivity contribution is 5.39.